The van der Waals surface area contributed by atoms with Crippen LogP contribution in [0.25, 0.3) is 0 Å². The molecule has 2 heterocycles. The molecular weight excluding hydrogens is 404 g/mol. The lowest BCUT2D eigenvalue weighted by Crippen LogP contribution is -2.39. The molecule has 0 amide bonds. The van der Waals surface area contributed by atoms with Gasteiger partial charge in [0, 0.05) is 52.2 Å². The van der Waals surface area contributed by atoms with Gasteiger partial charge in [0.25, 0.3) is 0 Å². The number of hydrogen-bond acceptors (Lipinski definition) is 5. The monoisotopic (exact) mass is 440 g/mol. The molecule has 174 valence electrons. The summed E-state index contributed by atoms with van der Waals surface area (Å²) in [6.07, 6.45) is 6.19. The number of aromatic nitrogens is 1. The third-order valence-electron chi connectivity index (χ3n) is 5.59. The normalized spacial score (nSPS) is 14.8. The zero-order valence-electron chi connectivity index (χ0n) is 19.5. The minimum absolute atomic E-state index is 0.579. The fourth-order valence-electron chi connectivity index (χ4n) is 3.66. The van der Waals surface area contributed by atoms with Crippen LogP contribution >= 0.6 is 0 Å². The highest BCUT2D eigenvalue weighted by molar-refractivity contribution is 5.79. The van der Waals surface area contributed by atoms with E-state index in [-0.39, 0.29) is 0 Å². The summed E-state index contributed by atoms with van der Waals surface area (Å²) in [5.74, 6) is 3.76. The second kappa shape index (κ2) is 12.9. The molecule has 1 N–H and O–H groups in total. The number of benzene rings is 1. The van der Waals surface area contributed by atoms with Gasteiger partial charge >= 0.3 is 0 Å². The molecule has 1 aliphatic heterocycles. The van der Waals surface area contributed by atoms with Crippen LogP contribution in [0.2, 0.25) is 0 Å². The first-order valence-corrected chi connectivity index (χ1v) is 11.5. The molecule has 1 aliphatic rings. The van der Waals surface area contributed by atoms with Crippen molar-refractivity contribution in [3.63, 3.8) is 0 Å². The Morgan fingerprint density at radius 3 is 2.66 bits per heavy atom. The van der Waals surface area contributed by atoms with E-state index in [1.807, 2.05) is 43.4 Å². The van der Waals surface area contributed by atoms with E-state index < -0.39 is 0 Å². The number of nitrogens with zero attached hydrogens (tertiary/aromatic N) is 3. The smallest absolute Gasteiger partial charge is 0.224 e. The average molecular weight is 441 g/mol. The van der Waals surface area contributed by atoms with Gasteiger partial charge in [-0.15, -0.1) is 0 Å². The van der Waals surface area contributed by atoms with Crippen molar-refractivity contribution in [2.75, 3.05) is 40.5 Å². The van der Waals surface area contributed by atoms with E-state index in [1.54, 1.807) is 6.20 Å². The van der Waals surface area contributed by atoms with Gasteiger partial charge in [0.15, 0.2) is 5.96 Å². The van der Waals surface area contributed by atoms with Crippen LogP contribution in [-0.2, 0) is 11.3 Å². The Hall–Kier alpha value is -2.80. The summed E-state index contributed by atoms with van der Waals surface area (Å²) >= 11 is 0. The van der Waals surface area contributed by atoms with Crippen molar-refractivity contribution >= 4 is 5.96 Å². The second-order valence-electron chi connectivity index (χ2n) is 8.06. The van der Waals surface area contributed by atoms with Gasteiger partial charge in [0.05, 0.1) is 6.61 Å². The molecule has 7 heteroatoms. The van der Waals surface area contributed by atoms with Gasteiger partial charge < -0.3 is 24.4 Å². The maximum atomic E-state index is 6.05. The van der Waals surface area contributed by atoms with Crippen molar-refractivity contribution in [3.05, 3.63) is 48.2 Å². The third kappa shape index (κ3) is 7.41. The lowest BCUT2D eigenvalue weighted by Gasteiger charge is -2.27. The Bertz CT molecular complexity index is 835. The molecule has 32 heavy (non-hydrogen) atoms. The molecule has 0 saturated carbocycles. The molecule has 1 fully saturated rings. The van der Waals surface area contributed by atoms with Gasteiger partial charge in [0.1, 0.15) is 11.5 Å². The average Bonchev–Trinajstić information content (AvgIpc) is 2.84. The SMILES string of the molecule is CCCOc1ccc(Oc2ncccc2CNC(=NC)N(C)CCC2CCOCC2)cc1. The van der Waals surface area contributed by atoms with E-state index in [0.29, 0.717) is 19.0 Å². The number of pyridine rings is 1. The molecule has 0 aliphatic carbocycles. The highest BCUT2D eigenvalue weighted by Crippen LogP contribution is 2.25. The standard InChI is InChI=1S/C25H36N4O3/c1-4-16-31-22-7-9-23(10-8-22)32-24-21(6-5-14-27-24)19-28-25(26-2)29(3)15-11-20-12-17-30-18-13-20/h5-10,14,20H,4,11-13,15-19H2,1-3H3,(H,26,28). The van der Waals surface area contributed by atoms with Gasteiger partial charge in [0.2, 0.25) is 5.88 Å². The predicted molar refractivity (Wildman–Crippen MR) is 128 cm³/mol. The van der Waals surface area contributed by atoms with Crippen LogP contribution in [0.3, 0.4) is 0 Å². The molecule has 0 spiro atoms. The largest absolute Gasteiger partial charge is 0.494 e. The predicted octanol–water partition coefficient (Wildman–Crippen LogP) is 4.49. The van der Waals surface area contributed by atoms with E-state index in [2.05, 4.69) is 34.2 Å². The zero-order chi connectivity index (χ0) is 22.6. The van der Waals surface area contributed by atoms with Crippen molar-refractivity contribution in [1.29, 1.82) is 0 Å². The van der Waals surface area contributed by atoms with Crippen LogP contribution < -0.4 is 14.8 Å². The molecule has 0 radical (unpaired) electrons. The number of guanidine groups is 1. The van der Waals surface area contributed by atoms with Crippen LogP contribution in [0.5, 0.6) is 17.4 Å². The van der Waals surface area contributed by atoms with Crippen LogP contribution in [0.1, 0.15) is 38.2 Å². The van der Waals surface area contributed by atoms with Crippen LogP contribution in [0.4, 0.5) is 0 Å². The topological polar surface area (TPSA) is 68.2 Å². The highest BCUT2D eigenvalue weighted by atomic mass is 16.5. The van der Waals surface area contributed by atoms with E-state index in [9.17, 15) is 0 Å². The minimum atomic E-state index is 0.579. The van der Waals surface area contributed by atoms with Crippen LogP contribution in [0.15, 0.2) is 47.6 Å². The van der Waals surface area contributed by atoms with Crippen molar-refractivity contribution in [3.8, 4) is 17.4 Å². The van der Waals surface area contributed by atoms with Crippen molar-refractivity contribution in [2.24, 2.45) is 10.9 Å². The van der Waals surface area contributed by atoms with Gasteiger partial charge in [-0.05, 0) is 61.9 Å². The Kier molecular flexibility index (Phi) is 9.62. The first-order chi connectivity index (χ1) is 15.7. The minimum Gasteiger partial charge on any atom is -0.494 e. The molecule has 1 aromatic carbocycles. The maximum Gasteiger partial charge on any atom is 0.224 e. The Morgan fingerprint density at radius 2 is 1.94 bits per heavy atom. The van der Waals surface area contributed by atoms with Crippen LogP contribution in [-0.4, -0.2) is 56.3 Å². The molecule has 7 nitrogen and oxygen atoms in total. The number of ether oxygens (including phenoxy) is 3. The number of aliphatic imine (C=N–C) groups is 1. The summed E-state index contributed by atoms with van der Waals surface area (Å²) in [5, 5.41) is 3.44. The highest BCUT2D eigenvalue weighted by Gasteiger charge is 2.16. The second-order valence-corrected chi connectivity index (χ2v) is 8.06. The fraction of sp³-hybridized carbons (Fsp3) is 0.520. The summed E-state index contributed by atoms with van der Waals surface area (Å²) in [7, 11) is 3.90. The lowest BCUT2D eigenvalue weighted by molar-refractivity contribution is 0.0625. The Balaban J connectivity index is 1.54. The first-order valence-electron chi connectivity index (χ1n) is 11.5. The van der Waals surface area contributed by atoms with Gasteiger partial charge in [-0.3, -0.25) is 4.99 Å². The summed E-state index contributed by atoms with van der Waals surface area (Å²) in [6, 6.07) is 11.6. The Morgan fingerprint density at radius 1 is 1.19 bits per heavy atom. The van der Waals surface area contributed by atoms with Crippen molar-refractivity contribution < 1.29 is 14.2 Å². The van der Waals surface area contributed by atoms with Gasteiger partial charge in [-0.2, -0.15) is 0 Å². The summed E-state index contributed by atoms with van der Waals surface area (Å²) < 4.78 is 17.2. The summed E-state index contributed by atoms with van der Waals surface area (Å²) in [6.45, 7) is 6.12. The fourth-order valence-corrected chi connectivity index (χ4v) is 3.66. The molecular formula is C25H36N4O3. The van der Waals surface area contributed by atoms with Gasteiger partial charge in [-0.1, -0.05) is 13.0 Å². The molecule has 2 aromatic rings. The van der Waals surface area contributed by atoms with Crippen LogP contribution in [0, 0.1) is 5.92 Å². The Labute approximate surface area is 191 Å². The molecule has 3 rings (SSSR count). The molecule has 1 saturated heterocycles. The number of nitrogens with one attached hydrogen (secondary N) is 1. The zero-order valence-corrected chi connectivity index (χ0v) is 19.5. The molecule has 1 aromatic heterocycles. The molecule has 0 unspecified atom stereocenters. The number of rotatable bonds is 10. The van der Waals surface area contributed by atoms with E-state index in [0.717, 1.165) is 74.4 Å². The van der Waals surface area contributed by atoms with E-state index in [4.69, 9.17) is 14.2 Å². The molecule has 0 atom stereocenters. The summed E-state index contributed by atoms with van der Waals surface area (Å²) in [5.41, 5.74) is 0.970. The van der Waals surface area contributed by atoms with Crippen molar-refractivity contribution in [2.45, 2.75) is 39.2 Å². The quantitative estimate of drug-likeness (QED) is 0.434. The molecule has 0 bridgehead atoms. The first kappa shape index (κ1) is 23.9. The van der Waals surface area contributed by atoms with E-state index in [1.165, 1.54) is 0 Å². The maximum absolute atomic E-state index is 6.05. The lowest BCUT2D eigenvalue weighted by atomic mass is 9.96. The van der Waals surface area contributed by atoms with Crippen molar-refractivity contribution in [1.82, 2.24) is 15.2 Å². The summed E-state index contributed by atoms with van der Waals surface area (Å²) in [4.78, 5) is 11.1. The van der Waals surface area contributed by atoms with E-state index >= 15 is 0 Å². The third-order valence-corrected chi connectivity index (χ3v) is 5.59. The van der Waals surface area contributed by atoms with Gasteiger partial charge in [-0.25, -0.2) is 4.98 Å². The number of hydrogen-bond donors (Lipinski definition) is 1.